The molecule has 0 aliphatic rings. The maximum atomic E-state index is 12.8. The first-order valence-electron chi connectivity index (χ1n) is 9.33. The fourth-order valence-electron chi connectivity index (χ4n) is 2.74. The summed E-state index contributed by atoms with van der Waals surface area (Å²) in [5, 5.41) is 15.2. The van der Waals surface area contributed by atoms with Gasteiger partial charge in [0, 0.05) is 18.8 Å². The Morgan fingerprint density at radius 1 is 1.31 bits per heavy atom. The molecule has 3 aromatic heterocycles. The van der Waals surface area contributed by atoms with Gasteiger partial charge in [0.25, 0.3) is 5.91 Å². The predicted octanol–water partition coefficient (Wildman–Crippen LogP) is 1.94. The number of amides is 1. The molecule has 0 radical (unpaired) electrons. The van der Waals surface area contributed by atoms with E-state index < -0.39 is 0 Å². The number of anilines is 1. The average Bonchev–Trinajstić information content (AvgIpc) is 3.33. The van der Waals surface area contributed by atoms with E-state index in [0.29, 0.717) is 29.4 Å². The summed E-state index contributed by atoms with van der Waals surface area (Å²) < 4.78 is 8.89. The van der Waals surface area contributed by atoms with E-state index in [2.05, 4.69) is 25.6 Å². The second-order valence-electron chi connectivity index (χ2n) is 7.14. The standard InChI is InChI=1S/C19H26N8O2/c1-13(2)27-12-20-23-17(27)15-7-6-8-16(21-15)22-18(28)14-11-26(10-9-25(3)4)24-19(14)29-5/h6-8,11-13H,9-10H2,1-5H3,(H,21,22,28). The van der Waals surface area contributed by atoms with Crippen LogP contribution in [0.2, 0.25) is 0 Å². The van der Waals surface area contributed by atoms with Crippen molar-refractivity contribution in [1.82, 2.24) is 34.4 Å². The molecule has 10 heteroatoms. The van der Waals surface area contributed by atoms with Gasteiger partial charge in [0.15, 0.2) is 5.82 Å². The zero-order valence-electron chi connectivity index (χ0n) is 17.3. The number of carbonyl (C=O) groups is 1. The SMILES string of the molecule is COc1nn(CCN(C)C)cc1C(=O)Nc1cccc(-c2nncn2C(C)C)n1. The van der Waals surface area contributed by atoms with Crippen molar-refractivity contribution in [1.29, 1.82) is 0 Å². The van der Waals surface area contributed by atoms with Crippen LogP contribution in [-0.2, 0) is 6.54 Å². The lowest BCUT2D eigenvalue weighted by Gasteiger charge is -2.10. The van der Waals surface area contributed by atoms with Crippen molar-refractivity contribution < 1.29 is 9.53 Å². The minimum absolute atomic E-state index is 0.192. The topological polar surface area (TPSA) is 103 Å². The molecule has 154 valence electrons. The molecule has 3 rings (SSSR count). The quantitative estimate of drug-likeness (QED) is 0.618. The normalized spacial score (nSPS) is 11.3. The molecule has 0 saturated carbocycles. The fourth-order valence-corrected chi connectivity index (χ4v) is 2.74. The van der Waals surface area contributed by atoms with Gasteiger partial charge < -0.3 is 19.5 Å². The first-order chi connectivity index (χ1) is 13.9. The number of likely N-dealkylation sites (N-methyl/N-ethyl adjacent to an activating group) is 1. The summed E-state index contributed by atoms with van der Waals surface area (Å²) in [6.45, 7) is 5.53. The molecule has 29 heavy (non-hydrogen) atoms. The summed E-state index contributed by atoms with van der Waals surface area (Å²) in [5.74, 6) is 0.990. The van der Waals surface area contributed by atoms with Crippen molar-refractivity contribution in [2.24, 2.45) is 0 Å². The van der Waals surface area contributed by atoms with Gasteiger partial charge in [0.05, 0.1) is 13.7 Å². The fraction of sp³-hybridized carbons (Fsp3) is 0.421. The molecule has 0 aromatic carbocycles. The molecule has 1 N–H and O–H groups in total. The van der Waals surface area contributed by atoms with Crippen LogP contribution in [0.5, 0.6) is 5.88 Å². The zero-order valence-corrected chi connectivity index (χ0v) is 17.3. The van der Waals surface area contributed by atoms with E-state index >= 15 is 0 Å². The van der Waals surface area contributed by atoms with Crippen LogP contribution in [0.3, 0.4) is 0 Å². The number of methoxy groups -OCH3 is 1. The van der Waals surface area contributed by atoms with Crippen LogP contribution < -0.4 is 10.1 Å². The molecule has 0 aliphatic carbocycles. The molecule has 0 saturated heterocycles. The van der Waals surface area contributed by atoms with E-state index in [1.54, 1.807) is 23.3 Å². The van der Waals surface area contributed by atoms with Crippen molar-refractivity contribution in [3.63, 3.8) is 0 Å². The predicted molar refractivity (Wildman–Crippen MR) is 109 cm³/mol. The third-order valence-electron chi connectivity index (χ3n) is 4.29. The molecule has 0 fully saturated rings. The van der Waals surface area contributed by atoms with Crippen LogP contribution in [-0.4, -0.2) is 68.1 Å². The number of nitrogens with zero attached hydrogens (tertiary/aromatic N) is 7. The van der Waals surface area contributed by atoms with Gasteiger partial charge in [-0.1, -0.05) is 6.07 Å². The third-order valence-corrected chi connectivity index (χ3v) is 4.29. The Balaban J connectivity index is 1.80. The lowest BCUT2D eigenvalue weighted by atomic mass is 10.3. The number of hydrogen-bond donors (Lipinski definition) is 1. The van der Waals surface area contributed by atoms with Crippen molar-refractivity contribution >= 4 is 11.7 Å². The number of pyridine rings is 1. The number of carbonyl (C=O) groups excluding carboxylic acids is 1. The minimum atomic E-state index is -0.340. The molecule has 0 spiro atoms. The summed E-state index contributed by atoms with van der Waals surface area (Å²) in [7, 11) is 5.45. The molecule has 0 aliphatic heterocycles. The Morgan fingerprint density at radius 3 is 2.79 bits per heavy atom. The Kier molecular flexibility index (Phi) is 6.23. The highest BCUT2D eigenvalue weighted by molar-refractivity contribution is 6.05. The maximum absolute atomic E-state index is 12.8. The second-order valence-corrected chi connectivity index (χ2v) is 7.14. The van der Waals surface area contributed by atoms with Crippen LogP contribution in [0, 0.1) is 0 Å². The average molecular weight is 398 g/mol. The monoisotopic (exact) mass is 398 g/mol. The van der Waals surface area contributed by atoms with Gasteiger partial charge in [0.1, 0.15) is 23.4 Å². The lowest BCUT2D eigenvalue weighted by molar-refractivity contribution is 0.102. The highest BCUT2D eigenvalue weighted by Crippen LogP contribution is 2.21. The smallest absolute Gasteiger partial charge is 0.263 e. The first-order valence-corrected chi connectivity index (χ1v) is 9.33. The molecule has 1 amide bonds. The van der Waals surface area contributed by atoms with E-state index in [1.165, 1.54) is 7.11 Å². The molecule has 0 bridgehead atoms. The van der Waals surface area contributed by atoms with Crippen molar-refractivity contribution in [2.75, 3.05) is 33.1 Å². The van der Waals surface area contributed by atoms with Gasteiger partial charge in [-0.3, -0.25) is 9.48 Å². The minimum Gasteiger partial charge on any atom is -0.479 e. The summed E-state index contributed by atoms with van der Waals surface area (Å²) in [6, 6.07) is 5.56. The molecule has 3 aromatic rings. The van der Waals surface area contributed by atoms with Gasteiger partial charge in [-0.2, -0.15) is 0 Å². The zero-order chi connectivity index (χ0) is 21.0. The van der Waals surface area contributed by atoms with Crippen molar-refractivity contribution in [2.45, 2.75) is 26.4 Å². The van der Waals surface area contributed by atoms with Crippen molar-refractivity contribution in [3.8, 4) is 17.4 Å². The van der Waals surface area contributed by atoms with Crippen LogP contribution in [0.4, 0.5) is 5.82 Å². The Labute approximate surface area is 169 Å². The summed E-state index contributed by atoms with van der Waals surface area (Å²) >= 11 is 0. The second kappa shape index (κ2) is 8.82. The van der Waals surface area contributed by atoms with Crippen molar-refractivity contribution in [3.05, 3.63) is 36.3 Å². The van der Waals surface area contributed by atoms with Gasteiger partial charge in [0.2, 0.25) is 5.88 Å². The Morgan fingerprint density at radius 2 is 2.10 bits per heavy atom. The highest BCUT2D eigenvalue weighted by atomic mass is 16.5. The Bertz CT molecular complexity index is 976. The van der Waals surface area contributed by atoms with E-state index in [9.17, 15) is 4.79 Å². The Hall–Kier alpha value is -3.27. The number of rotatable bonds is 8. The number of nitrogens with one attached hydrogen (secondary N) is 1. The molecule has 3 heterocycles. The van der Waals surface area contributed by atoms with Gasteiger partial charge in [-0.25, -0.2) is 4.98 Å². The van der Waals surface area contributed by atoms with Gasteiger partial charge in [-0.05, 0) is 40.1 Å². The highest BCUT2D eigenvalue weighted by Gasteiger charge is 2.19. The van der Waals surface area contributed by atoms with E-state index in [1.807, 2.05) is 49.5 Å². The van der Waals surface area contributed by atoms with Gasteiger partial charge in [-0.15, -0.1) is 15.3 Å². The molecule has 0 atom stereocenters. The molecular weight excluding hydrogens is 372 g/mol. The summed E-state index contributed by atoms with van der Waals surface area (Å²) in [5.41, 5.74) is 0.978. The third kappa shape index (κ3) is 4.77. The van der Waals surface area contributed by atoms with Crippen LogP contribution in [0.1, 0.15) is 30.2 Å². The van der Waals surface area contributed by atoms with E-state index in [0.717, 1.165) is 6.54 Å². The number of hydrogen-bond acceptors (Lipinski definition) is 7. The lowest BCUT2D eigenvalue weighted by Crippen LogP contribution is -2.18. The van der Waals surface area contributed by atoms with E-state index in [4.69, 9.17) is 4.74 Å². The molecule has 0 unspecified atom stereocenters. The molecular formula is C19H26N8O2. The van der Waals surface area contributed by atoms with Crippen LogP contribution in [0.15, 0.2) is 30.7 Å². The van der Waals surface area contributed by atoms with E-state index in [-0.39, 0.29) is 17.8 Å². The maximum Gasteiger partial charge on any atom is 0.263 e. The number of aromatic nitrogens is 6. The first kappa shape index (κ1) is 20.5. The van der Waals surface area contributed by atoms with Crippen LogP contribution in [0.25, 0.3) is 11.5 Å². The summed E-state index contributed by atoms with van der Waals surface area (Å²) in [4.78, 5) is 19.3. The molecule has 10 nitrogen and oxygen atoms in total. The van der Waals surface area contributed by atoms with Gasteiger partial charge >= 0.3 is 0 Å². The van der Waals surface area contributed by atoms with Crippen LogP contribution >= 0.6 is 0 Å². The number of ether oxygens (including phenoxy) is 1. The summed E-state index contributed by atoms with van der Waals surface area (Å²) in [6.07, 6.45) is 3.34. The largest absolute Gasteiger partial charge is 0.479 e.